The Morgan fingerprint density at radius 1 is 1.20 bits per heavy atom. The number of hydrogen-bond donors (Lipinski definition) is 2. The Hall–Kier alpha value is -3.07. The lowest BCUT2D eigenvalue weighted by Gasteiger charge is -2.22. The zero-order valence-electron chi connectivity index (χ0n) is 20.2. The van der Waals surface area contributed by atoms with E-state index in [9.17, 15) is 19.2 Å². The first-order chi connectivity index (χ1) is 16.8. The van der Waals surface area contributed by atoms with Gasteiger partial charge in [-0.05, 0) is 43.6 Å². The standard InChI is InChI=1S/C26H33N3O5S/c1-17(2)13-21(29-26(33)34-15-18-7-4-3-5-8-18)22(30)14-19-10-11-20-23(35-16-28-20)9-6-12-27-25(32)24(19)31/h3-5,7-8,16-17,19,21H,6,9-15H2,1-2H3,(H,27,32)(H,29,33). The van der Waals surface area contributed by atoms with E-state index < -0.39 is 29.7 Å². The summed E-state index contributed by atoms with van der Waals surface area (Å²) in [5.74, 6) is -2.17. The Balaban J connectivity index is 1.67. The third-order valence-electron chi connectivity index (χ3n) is 5.96. The number of alkyl carbamates (subject to hydrolysis) is 1. The van der Waals surface area contributed by atoms with Gasteiger partial charge >= 0.3 is 6.09 Å². The summed E-state index contributed by atoms with van der Waals surface area (Å²) in [5, 5.41) is 5.35. The number of benzene rings is 1. The molecular weight excluding hydrogens is 466 g/mol. The van der Waals surface area contributed by atoms with E-state index in [4.69, 9.17) is 4.74 Å². The van der Waals surface area contributed by atoms with Crippen LogP contribution in [0.25, 0.3) is 0 Å². The zero-order valence-corrected chi connectivity index (χ0v) is 21.1. The quantitative estimate of drug-likeness (QED) is 0.536. The molecule has 1 aliphatic rings. The van der Waals surface area contributed by atoms with Gasteiger partial charge in [-0.25, -0.2) is 9.78 Å². The number of carbonyl (C=O) groups excluding carboxylic acids is 4. The van der Waals surface area contributed by atoms with E-state index in [1.807, 2.05) is 44.2 Å². The molecule has 0 spiro atoms. The van der Waals surface area contributed by atoms with Crippen molar-refractivity contribution in [3.8, 4) is 0 Å². The fourth-order valence-corrected chi connectivity index (χ4v) is 4.96. The van der Waals surface area contributed by atoms with Gasteiger partial charge in [-0.1, -0.05) is 44.2 Å². The molecular formula is C26H33N3O5S. The number of amides is 2. The summed E-state index contributed by atoms with van der Waals surface area (Å²) in [5.41, 5.74) is 3.56. The third kappa shape index (κ3) is 8.28. The molecule has 1 aliphatic heterocycles. The second-order valence-corrected chi connectivity index (χ2v) is 10.2. The van der Waals surface area contributed by atoms with Gasteiger partial charge in [0.15, 0.2) is 5.78 Å². The minimum atomic E-state index is -0.804. The molecule has 0 bridgehead atoms. The summed E-state index contributed by atoms with van der Waals surface area (Å²) in [4.78, 5) is 56.6. The predicted molar refractivity (Wildman–Crippen MR) is 133 cm³/mol. The first-order valence-corrected chi connectivity index (χ1v) is 12.9. The minimum absolute atomic E-state index is 0.0898. The van der Waals surface area contributed by atoms with Crippen LogP contribution in [-0.4, -0.2) is 41.1 Å². The highest BCUT2D eigenvalue weighted by Gasteiger charge is 2.32. The molecule has 0 aliphatic carbocycles. The molecule has 3 rings (SSSR count). The van der Waals surface area contributed by atoms with Crippen LogP contribution in [-0.2, 0) is 38.6 Å². The molecule has 2 heterocycles. The summed E-state index contributed by atoms with van der Waals surface area (Å²) < 4.78 is 5.29. The van der Waals surface area contributed by atoms with Gasteiger partial charge in [-0.15, -0.1) is 11.3 Å². The average Bonchev–Trinajstić information content (AvgIpc) is 3.28. The van der Waals surface area contributed by atoms with Crippen LogP contribution in [0.1, 0.15) is 55.7 Å². The molecule has 188 valence electrons. The summed E-state index contributed by atoms with van der Waals surface area (Å²) in [6.07, 6.45) is 1.99. The van der Waals surface area contributed by atoms with Crippen LogP contribution in [0.4, 0.5) is 4.79 Å². The number of aryl methyl sites for hydroxylation is 2. The van der Waals surface area contributed by atoms with Crippen LogP contribution < -0.4 is 10.6 Å². The molecule has 35 heavy (non-hydrogen) atoms. The minimum Gasteiger partial charge on any atom is -0.445 e. The second-order valence-electron chi connectivity index (χ2n) is 9.24. The van der Waals surface area contributed by atoms with Crippen molar-refractivity contribution in [3.05, 3.63) is 52.0 Å². The molecule has 0 radical (unpaired) electrons. The van der Waals surface area contributed by atoms with Crippen LogP contribution in [0.3, 0.4) is 0 Å². The largest absolute Gasteiger partial charge is 0.445 e. The lowest BCUT2D eigenvalue weighted by atomic mass is 9.87. The van der Waals surface area contributed by atoms with Gasteiger partial charge in [-0.3, -0.25) is 14.4 Å². The van der Waals surface area contributed by atoms with Crippen LogP contribution >= 0.6 is 11.3 Å². The highest BCUT2D eigenvalue weighted by molar-refractivity contribution is 7.09. The van der Waals surface area contributed by atoms with E-state index >= 15 is 0 Å². The molecule has 2 N–H and O–H groups in total. The maximum atomic E-state index is 13.3. The molecule has 1 aromatic heterocycles. The summed E-state index contributed by atoms with van der Waals surface area (Å²) in [6.45, 7) is 4.39. The van der Waals surface area contributed by atoms with Crippen LogP contribution in [0.15, 0.2) is 35.8 Å². The molecule has 0 saturated heterocycles. The summed E-state index contributed by atoms with van der Waals surface area (Å²) in [6, 6.07) is 8.46. The van der Waals surface area contributed by atoms with Gasteiger partial charge in [-0.2, -0.15) is 0 Å². The maximum Gasteiger partial charge on any atom is 0.408 e. The molecule has 2 unspecified atom stereocenters. The fraction of sp³-hybridized carbons (Fsp3) is 0.500. The highest BCUT2D eigenvalue weighted by atomic mass is 32.1. The van der Waals surface area contributed by atoms with E-state index in [-0.39, 0.29) is 24.7 Å². The number of aromatic nitrogens is 1. The monoisotopic (exact) mass is 499 g/mol. The molecule has 2 atom stereocenters. The van der Waals surface area contributed by atoms with Crippen LogP contribution in [0, 0.1) is 11.8 Å². The van der Waals surface area contributed by atoms with Gasteiger partial charge in [0.1, 0.15) is 6.61 Å². The number of rotatable bonds is 8. The predicted octanol–water partition coefficient (Wildman–Crippen LogP) is 3.62. The molecule has 2 aromatic rings. The van der Waals surface area contributed by atoms with Crippen molar-refractivity contribution in [3.63, 3.8) is 0 Å². The molecule has 0 saturated carbocycles. The number of Topliss-reactive ketones (excluding diaryl/α,β-unsaturated/α-hetero) is 2. The number of carbonyl (C=O) groups is 4. The maximum absolute atomic E-state index is 13.3. The average molecular weight is 500 g/mol. The first-order valence-electron chi connectivity index (χ1n) is 12.1. The molecule has 9 heteroatoms. The SMILES string of the molecule is CC(C)CC(NC(=O)OCc1ccccc1)C(=O)CC1CCc2ncsc2CCCNC(=O)C1=O. The lowest BCUT2D eigenvalue weighted by molar-refractivity contribution is -0.141. The normalized spacial score (nSPS) is 17.6. The molecule has 0 fully saturated rings. The highest BCUT2D eigenvalue weighted by Crippen LogP contribution is 2.23. The number of thiazole rings is 1. The Labute approximate surface area is 209 Å². The Morgan fingerprint density at radius 3 is 2.71 bits per heavy atom. The van der Waals surface area contributed by atoms with E-state index in [2.05, 4.69) is 15.6 Å². The van der Waals surface area contributed by atoms with Gasteiger partial charge in [0.25, 0.3) is 5.91 Å². The van der Waals surface area contributed by atoms with Gasteiger partial charge in [0, 0.05) is 23.8 Å². The van der Waals surface area contributed by atoms with Crippen LogP contribution in [0.5, 0.6) is 0 Å². The second kappa shape index (κ2) is 13.1. The zero-order chi connectivity index (χ0) is 25.2. The topological polar surface area (TPSA) is 114 Å². The van der Waals surface area contributed by atoms with E-state index in [1.54, 1.807) is 16.8 Å². The van der Waals surface area contributed by atoms with Crippen molar-refractivity contribution in [2.75, 3.05) is 6.54 Å². The molecule has 1 aromatic carbocycles. The number of nitrogens with zero attached hydrogens (tertiary/aromatic N) is 1. The first kappa shape index (κ1) is 26.5. The summed E-state index contributed by atoms with van der Waals surface area (Å²) >= 11 is 1.57. The number of ketones is 2. The van der Waals surface area contributed by atoms with Crippen molar-refractivity contribution in [1.82, 2.24) is 15.6 Å². The number of hydrogen-bond acceptors (Lipinski definition) is 7. The Bertz CT molecular complexity index is 1020. The van der Waals surface area contributed by atoms with Crippen molar-refractivity contribution in [2.24, 2.45) is 11.8 Å². The smallest absolute Gasteiger partial charge is 0.408 e. The van der Waals surface area contributed by atoms with Crippen LogP contribution in [0.2, 0.25) is 0 Å². The Morgan fingerprint density at radius 2 is 1.97 bits per heavy atom. The molecule has 2 amide bonds. The fourth-order valence-electron chi connectivity index (χ4n) is 4.10. The van der Waals surface area contributed by atoms with Gasteiger partial charge < -0.3 is 15.4 Å². The molecule has 8 nitrogen and oxygen atoms in total. The van der Waals surface area contributed by atoms with E-state index in [0.29, 0.717) is 25.8 Å². The van der Waals surface area contributed by atoms with Crippen molar-refractivity contribution >= 4 is 34.9 Å². The lowest BCUT2D eigenvalue weighted by Crippen LogP contribution is -2.44. The van der Waals surface area contributed by atoms with Crippen molar-refractivity contribution in [2.45, 2.75) is 65.0 Å². The Kier molecular flexibility index (Phi) is 9.96. The van der Waals surface area contributed by atoms with Gasteiger partial charge in [0.2, 0.25) is 5.78 Å². The van der Waals surface area contributed by atoms with E-state index in [1.165, 1.54) is 0 Å². The van der Waals surface area contributed by atoms with Crippen molar-refractivity contribution in [1.29, 1.82) is 0 Å². The summed E-state index contributed by atoms with van der Waals surface area (Å²) in [7, 11) is 0. The third-order valence-corrected chi connectivity index (χ3v) is 6.90. The number of nitrogens with one attached hydrogen (secondary N) is 2. The van der Waals surface area contributed by atoms with E-state index in [0.717, 1.165) is 29.0 Å². The van der Waals surface area contributed by atoms with Gasteiger partial charge in [0.05, 0.1) is 17.2 Å². The number of ether oxygens (including phenoxy) is 1. The number of fused-ring (bicyclic) bond motifs is 1. The van der Waals surface area contributed by atoms with Crippen molar-refractivity contribution < 1.29 is 23.9 Å².